The zero-order valence-electron chi connectivity index (χ0n) is 27.2. The lowest BCUT2D eigenvalue weighted by molar-refractivity contribution is 0.590. The van der Waals surface area contributed by atoms with Crippen molar-refractivity contribution in [2.45, 2.75) is 26.2 Å². The van der Waals surface area contributed by atoms with Crippen LogP contribution in [-0.4, -0.2) is 19.4 Å². The van der Waals surface area contributed by atoms with Crippen LogP contribution in [-0.2, 0) is 5.41 Å². The zero-order chi connectivity index (χ0) is 32.7. The van der Waals surface area contributed by atoms with Gasteiger partial charge in [-0.15, -0.1) is 0 Å². The predicted octanol–water partition coefficient (Wildman–Crippen LogP) is 11.0. The molecule has 0 aliphatic carbocycles. The number of benzene rings is 5. The molecule has 0 aliphatic heterocycles. The van der Waals surface area contributed by atoms with Crippen LogP contribution in [0, 0.1) is 0 Å². The number of rotatable bonds is 6. The van der Waals surface area contributed by atoms with Crippen LogP contribution in [0.15, 0.2) is 158 Å². The first-order valence-electron chi connectivity index (χ1n) is 16.3. The lowest BCUT2D eigenvalue weighted by atomic mass is 9.87. The summed E-state index contributed by atoms with van der Waals surface area (Å²) in [7, 11) is 0. The maximum atomic E-state index is 5.12. The number of hydrogen-bond donors (Lipinski definition) is 0. The zero-order valence-corrected chi connectivity index (χ0v) is 27.2. The van der Waals surface area contributed by atoms with Crippen LogP contribution in [0.5, 0.6) is 0 Å². The van der Waals surface area contributed by atoms with Crippen molar-refractivity contribution in [3.05, 3.63) is 164 Å². The van der Waals surface area contributed by atoms with E-state index in [0.29, 0.717) is 0 Å². The van der Waals surface area contributed by atoms with Gasteiger partial charge < -0.3 is 9.30 Å². The number of imidazole rings is 1. The quantitative estimate of drug-likeness (QED) is 0.185. The van der Waals surface area contributed by atoms with E-state index in [9.17, 15) is 0 Å². The molecule has 8 aromatic rings. The Labute approximate surface area is 280 Å². The molecule has 0 unspecified atom stereocenters. The molecule has 3 aromatic heterocycles. The number of hydrogen-bond acceptors (Lipinski definition) is 4. The minimum atomic E-state index is 0.0676. The average molecular weight is 622 g/mol. The minimum absolute atomic E-state index is 0.0676. The molecule has 8 rings (SSSR count). The maximum Gasteiger partial charge on any atom is 0.137 e. The molecule has 0 fully saturated rings. The summed E-state index contributed by atoms with van der Waals surface area (Å²) in [5.74, 6) is 0. The van der Waals surface area contributed by atoms with Gasteiger partial charge in [0.25, 0.3) is 0 Å². The number of para-hydroxylation sites is 2. The summed E-state index contributed by atoms with van der Waals surface area (Å²) in [5, 5.41) is 0. The Hall–Kier alpha value is -6.07. The summed E-state index contributed by atoms with van der Waals surface area (Å²) in [5.41, 5.74) is 13.1. The Balaban J connectivity index is 1.20. The van der Waals surface area contributed by atoms with Gasteiger partial charge in [0.05, 0.1) is 28.1 Å². The molecule has 0 amide bonds. The van der Waals surface area contributed by atoms with E-state index in [1.54, 1.807) is 0 Å². The van der Waals surface area contributed by atoms with Crippen LogP contribution in [0.4, 0.5) is 17.1 Å². The minimum Gasteiger partial charge on any atom is -0.311 e. The third-order valence-corrected chi connectivity index (χ3v) is 8.79. The van der Waals surface area contributed by atoms with E-state index in [-0.39, 0.29) is 5.41 Å². The first-order chi connectivity index (χ1) is 23.4. The molecule has 5 heteroatoms. The molecule has 48 heavy (non-hydrogen) atoms. The molecule has 0 saturated heterocycles. The van der Waals surface area contributed by atoms with Crippen LogP contribution in [0.3, 0.4) is 0 Å². The van der Waals surface area contributed by atoms with Gasteiger partial charge >= 0.3 is 0 Å². The molecule has 0 aliphatic rings. The highest BCUT2D eigenvalue weighted by atomic mass is 15.1. The molecule has 0 radical (unpaired) electrons. The summed E-state index contributed by atoms with van der Waals surface area (Å²) >= 11 is 0. The summed E-state index contributed by atoms with van der Waals surface area (Å²) in [4.78, 5) is 17.3. The van der Waals surface area contributed by atoms with Gasteiger partial charge in [-0.05, 0) is 71.6 Å². The topological polar surface area (TPSA) is 46.3 Å². The maximum absolute atomic E-state index is 5.12. The van der Waals surface area contributed by atoms with Crippen molar-refractivity contribution in [1.29, 1.82) is 0 Å². The van der Waals surface area contributed by atoms with Crippen LogP contribution in [0.2, 0.25) is 0 Å². The fourth-order valence-corrected chi connectivity index (χ4v) is 6.18. The number of pyridine rings is 1. The van der Waals surface area contributed by atoms with Crippen molar-refractivity contribution in [2.24, 2.45) is 0 Å². The molecule has 0 spiro atoms. The second-order valence-electron chi connectivity index (χ2n) is 13.1. The lowest BCUT2D eigenvalue weighted by Crippen LogP contribution is -2.13. The SMILES string of the molecule is CC(C)(C)c1ccc(N(c2ccc(-c3cn4ccccc4n3)cc2)c2ccc(-c3nc4ccccc4nc3-c3ccccc3)cc2)cc1. The van der Waals surface area contributed by atoms with Gasteiger partial charge in [0.2, 0.25) is 0 Å². The van der Waals surface area contributed by atoms with Crippen molar-refractivity contribution >= 4 is 33.7 Å². The Morgan fingerprint density at radius 1 is 0.479 bits per heavy atom. The number of nitrogens with zero attached hydrogens (tertiary/aromatic N) is 5. The molecule has 0 bridgehead atoms. The van der Waals surface area contributed by atoms with Gasteiger partial charge in [-0.3, -0.25) is 0 Å². The first kappa shape index (κ1) is 29.3. The highest BCUT2D eigenvalue weighted by Crippen LogP contribution is 2.39. The van der Waals surface area contributed by atoms with E-state index in [4.69, 9.17) is 15.0 Å². The molecule has 5 aromatic carbocycles. The monoisotopic (exact) mass is 621 g/mol. The van der Waals surface area contributed by atoms with Crippen LogP contribution in [0.1, 0.15) is 26.3 Å². The van der Waals surface area contributed by atoms with E-state index >= 15 is 0 Å². The lowest BCUT2D eigenvalue weighted by Gasteiger charge is -2.27. The molecule has 0 atom stereocenters. The van der Waals surface area contributed by atoms with E-state index < -0.39 is 0 Å². The van der Waals surface area contributed by atoms with Gasteiger partial charge in [0, 0.05) is 46.1 Å². The molecule has 0 saturated carbocycles. The van der Waals surface area contributed by atoms with Gasteiger partial charge in [-0.25, -0.2) is 15.0 Å². The summed E-state index contributed by atoms with van der Waals surface area (Å²) in [6.07, 6.45) is 4.10. The Kier molecular flexibility index (Phi) is 7.30. The van der Waals surface area contributed by atoms with Crippen molar-refractivity contribution in [1.82, 2.24) is 19.4 Å². The summed E-state index contributed by atoms with van der Waals surface area (Å²) in [6, 6.07) is 50.6. The van der Waals surface area contributed by atoms with Crippen LogP contribution < -0.4 is 4.90 Å². The normalized spacial score (nSPS) is 11.6. The largest absolute Gasteiger partial charge is 0.311 e. The van der Waals surface area contributed by atoms with Crippen molar-refractivity contribution in [3.63, 3.8) is 0 Å². The molecule has 0 N–H and O–H groups in total. The Morgan fingerprint density at radius 3 is 1.54 bits per heavy atom. The number of aromatic nitrogens is 4. The Morgan fingerprint density at radius 2 is 0.979 bits per heavy atom. The summed E-state index contributed by atoms with van der Waals surface area (Å²) in [6.45, 7) is 6.74. The van der Waals surface area contributed by atoms with Crippen molar-refractivity contribution in [3.8, 4) is 33.8 Å². The molecule has 3 heterocycles. The van der Waals surface area contributed by atoms with Gasteiger partial charge in [0.1, 0.15) is 5.65 Å². The highest BCUT2D eigenvalue weighted by molar-refractivity contribution is 5.87. The molecule has 5 nitrogen and oxygen atoms in total. The Bertz CT molecular complexity index is 2320. The molecular weight excluding hydrogens is 587 g/mol. The van der Waals surface area contributed by atoms with E-state index in [1.165, 1.54) is 5.56 Å². The summed E-state index contributed by atoms with van der Waals surface area (Å²) < 4.78 is 2.05. The fraction of sp³-hybridized carbons (Fsp3) is 0.0930. The fourth-order valence-electron chi connectivity index (χ4n) is 6.18. The third kappa shape index (κ3) is 5.60. The number of fused-ring (bicyclic) bond motifs is 2. The van der Waals surface area contributed by atoms with Crippen LogP contribution >= 0.6 is 0 Å². The van der Waals surface area contributed by atoms with Gasteiger partial charge in [0.15, 0.2) is 0 Å². The van der Waals surface area contributed by atoms with Crippen molar-refractivity contribution < 1.29 is 0 Å². The predicted molar refractivity (Wildman–Crippen MR) is 198 cm³/mol. The second kappa shape index (κ2) is 11.9. The number of anilines is 3. The van der Waals surface area contributed by atoms with E-state index in [2.05, 4.69) is 121 Å². The van der Waals surface area contributed by atoms with Crippen molar-refractivity contribution in [2.75, 3.05) is 4.90 Å². The van der Waals surface area contributed by atoms with E-state index in [0.717, 1.165) is 67.5 Å². The van der Waals surface area contributed by atoms with E-state index in [1.807, 2.05) is 66.9 Å². The van der Waals surface area contributed by atoms with Crippen LogP contribution in [0.25, 0.3) is 50.5 Å². The van der Waals surface area contributed by atoms with Gasteiger partial charge in [-0.2, -0.15) is 0 Å². The first-order valence-corrected chi connectivity index (χ1v) is 16.3. The third-order valence-electron chi connectivity index (χ3n) is 8.79. The smallest absolute Gasteiger partial charge is 0.137 e. The molecular formula is C43H35N5. The second-order valence-corrected chi connectivity index (χ2v) is 13.1. The average Bonchev–Trinajstić information content (AvgIpc) is 3.57. The highest BCUT2D eigenvalue weighted by Gasteiger charge is 2.18. The standard InChI is InChI=1S/C43H35N5/c1-43(2,3)33-20-26-36(27-21-33)48(34-22-16-30(17-23-34)39-29-47-28-10-9-15-40(47)44-39)35-24-18-32(19-25-35)42-41(31-11-5-4-6-12-31)45-37-13-7-8-14-38(37)46-42/h4-29H,1-3H3. The molecule has 232 valence electrons. The van der Waals surface area contributed by atoms with Gasteiger partial charge in [-0.1, -0.05) is 106 Å².